The van der Waals surface area contributed by atoms with E-state index >= 15 is 0 Å². The first kappa shape index (κ1) is 16.1. The van der Waals surface area contributed by atoms with E-state index in [-0.39, 0.29) is 30.8 Å². The lowest BCUT2D eigenvalue weighted by Crippen LogP contribution is -2.45. The van der Waals surface area contributed by atoms with Crippen molar-refractivity contribution in [3.05, 3.63) is 23.8 Å². The molecule has 0 bridgehead atoms. The summed E-state index contributed by atoms with van der Waals surface area (Å²) in [5, 5.41) is 2.86. The summed E-state index contributed by atoms with van der Waals surface area (Å²) in [4.78, 5) is 13.8. The van der Waals surface area contributed by atoms with Gasteiger partial charge in [-0.2, -0.15) is 0 Å². The molecule has 1 saturated heterocycles. The number of rotatable bonds is 5. The van der Waals surface area contributed by atoms with Crippen LogP contribution in [0.25, 0.3) is 0 Å². The lowest BCUT2D eigenvalue weighted by atomic mass is 10.1. The highest BCUT2D eigenvalue weighted by Gasteiger charge is 2.22. The number of nitrogens with one attached hydrogen (secondary N) is 1. The summed E-state index contributed by atoms with van der Waals surface area (Å²) in [5.74, 6) is 1.68. The van der Waals surface area contributed by atoms with Crippen molar-refractivity contribution in [2.75, 3.05) is 44.5 Å². The van der Waals surface area contributed by atoms with Crippen LogP contribution in [0, 0.1) is 0 Å². The van der Waals surface area contributed by atoms with Crippen LogP contribution in [-0.2, 0) is 21.1 Å². The zero-order valence-corrected chi connectivity index (χ0v) is 13.6. The average Bonchev–Trinajstić information content (AvgIpc) is 2.97. The molecule has 0 saturated carbocycles. The lowest BCUT2D eigenvalue weighted by Gasteiger charge is -2.25. The van der Waals surface area contributed by atoms with Crippen molar-refractivity contribution in [2.24, 2.45) is 0 Å². The van der Waals surface area contributed by atoms with Gasteiger partial charge in [0.15, 0.2) is 21.3 Å². The maximum absolute atomic E-state index is 11.9. The zero-order chi connectivity index (χ0) is 16.3. The quantitative estimate of drug-likeness (QED) is 0.799. The van der Waals surface area contributed by atoms with Gasteiger partial charge < -0.3 is 14.8 Å². The molecule has 3 rings (SSSR count). The van der Waals surface area contributed by atoms with Crippen molar-refractivity contribution in [2.45, 2.75) is 6.42 Å². The Hall–Kier alpha value is -1.80. The Bertz CT molecular complexity index is 675. The second kappa shape index (κ2) is 6.76. The van der Waals surface area contributed by atoms with Crippen LogP contribution in [0.2, 0.25) is 0 Å². The van der Waals surface area contributed by atoms with Crippen molar-refractivity contribution in [3.8, 4) is 11.5 Å². The standard InChI is InChI=1S/C15H20N2O5S/c18-15(10-17-5-7-23(19,20)8-6-17)16-4-3-12-1-2-13-14(9-12)22-11-21-13/h1-2,9H,3-8,10-11H2,(H,16,18). The summed E-state index contributed by atoms with van der Waals surface area (Å²) in [6.45, 7) is 1.89. The predicted molar refractivity (Wildman–Crippen MR) is 84.4 cm³/mol. The second-order valence-corrected chi connectivity index (χ2v) is 8.02. The normalized spacial score (nSPS) is 19.5. The molecule has 1 N–H and O–H groups in total. The highest BCUT2D eigenvalue weighted by Crippen LogP contribution is 2.32. The first-order valence-electron chi connectivity index (χ1n) is 7.60. The average molecular weight is 340 g/mol. The first-order valence-corrected chi connectivity index (χ1v) is 9.42. The molecular formula is C15H20N2O5S. The third-order valence-corrected chi connectivity index (χ3v) is 5.59. The Morgan fingerprint density at radius 1 is 1.17 bits per heavy atom. The van der Waals surface area contributed by atoms with E-state index in [1.54, 1.807) is 0 Å². The molecule has 1 aromatic rings. The Morgan fingerprint density at radius 2 is 1.91 bits per heavy atom. The van der Waals surface area contributed by atoms with Gasteiger partial charge in [0.05, 0.1) is 18.1 Å². The maximum Gasteiger partial charge on any atom is 0.234 e. The molecule has 0 spiro atoms. The zero-order valence-electron chi connectivity index (χ0n) is 12.8. The van der Waals surface area contributed by atoms with Gasteiger partial charge in [-0.25, -0.2) is 8.42 Å². The van der Waals surface area contributed by atoms with Crippen LogP contribution in [0.4, 0.5) is 0 Å². The summed E-state index contributed by atoms with van der Waals surface area (Å²) in [6, 6.07) is 5.74. The Kier molecular flexibility index (Phi) is 4.72. The van der Waals surface area contributed by atoms with Crippen LogP contribution in [0.15, 0.2) is 18.2 Å². The van der Waals surface area contributed by atoms with E-state index in [9.17, 15) is 13.2 Å². The number of hydrogen-bond donors (Lipinski definition) is 1. The molecule has 0 unspecified atom stereocenters. The van der Waals surface area contributed by atoms with Crippen molar-refractivity contribution in [1.82, 2.24) is 10.2 Å². The summed E-state index contributed by atoms with van der Waals surface area (Å²) in [5.41, 5.74) is 1.07. The van der Waals surface area contributed by atoms with Gasteiger partial charge in [-0.3, -0.25) is 9.69 Å². The van der Waals surface area contributed by atoms with Gasteiger partial charge in [0, 0.05) is 19.6 Å². The topological polar surface area (TPSA) is 84.9 Å². The van der Waals surface area contributed by atoms with E-state index in [0.717, 1.165) is 17.1 Å². The first-order chi connectivity index (χ1) is 11.0. The second-order valence-electron chi connectivity index (χ2n) is 5.72. The van der Waals surface area contributed by atoms with Crippen LogP contribution in [0.3, 0.4) is 0 Å². The minimum absolute atomic E-state index is 0.0787. The fraction of sp³-hybridized carbons (Fsp3) is 0.533. The van der Waals surface area contributed by atoms with Crippen LogP contribution in [-0.4, -0.2) is 63.7 Å². The number of amides is 1. The molecule has 0 radical (unpaired) electrons. The number of fused-ring (bicyclic) bond motifs is 1. The van der Waals surface area contributed by atoms with Gasteiger partial charge in [-0.15, -0.1) is 0 Å². The molecule has 1 aromatic carbocycles. The molecule has 0 aromatic heterocycles. The smallest absolute Gasteiger partial charge is 0.234 e. The number of hydrogen-bond acceptors (Lipinski definition) is 6. The summed E-state index contributed by atoms with van der Waals surface area (Å²) < 4.78 is 33.3. The van der Waals surface area contributed by atoms with Gasteiger partial charge in [-0.1, -0.05) is 6.07 Å². The van der Waals surface area contributed by atoms with Gasteiger partial charge in [0.1, 0.15) is 0 Å². The van der Waals surface area contributed by atoms with Crippen LogP contribution in [0.5, 0.6) is 11.5 Å². The third-order valence-electron chi connectivity index (χ3n) is 3.98. The molecule has 2 heterocycles. The van der Waals surface area contributed by atoms with E-state index in [1.807, 2.05) is 23.1 Å². The molecule has 7 nitrogen and oxygen atoms in total. The Labute approximate surface area is 135 Å². The molecule has 0 atom stereocenters. The fourth-order valence-electron chi connectivity index (χ4n) is 2.61. The molecule has 8 heteroatoms. The summed E-state index contributed by atoms with van der Waals surface area (Å²) in [7, 11) is -2.90. The SMILES string of the molecule is O=C(CN1CCS(=O)(=O)CC1)NCCc1ccc2c(c1)OCO2. The molecule has 2 aliphatic rings. The highest BCUT2D eigenvalue weighted by atomic mass is 32.2. The van der Waals surface area contributed by atoms with Gasteiger partial charge in [0.25, 0.3) is 0 Å². The Morgan fingerprint density at radius 3 is 2.70 bits per heavy atom. The molecule has 1 amide bonds. The van der Waals surface area contributed by atoms with Gasteiger partial charge in [0.2, 0.25) is 12.7 Å². The van der Waals surface area contributed by atoms with Crippen LogP contribution < -0.4 is 14.8 Å². The fourth-order valence-corrected chi connectivity index (χ4v) is 3.89. The number of ether oxygens (including phenoxy) is 2. The maximum atomic E-state index is 11.9. The highest BCUT2D eigenvalue weighted by molar-refractivity contribution is 7.91. The molecule has 0 aliphatic carbocycles. The van der Waals surface area contributed by atoms with Crippen molar-refractivity contribution >= 4 is 15.7 Å². The minimum Gasteiger partial charge on any atom is -0.454 e. The summed E-state index contributed by atoms with van der Waals surface area (Å²) in [6.07, 6.45) is 0.705. The van der Waals surface area contributed by atoms with E-state index < -0.39 is 9.84 Å². The van der Waals surface area contributed by atoms with Crippen LogP contribution >= 0.6 is 0 Å². The minimum atomic E-state index is -2.90. The Balaban J connectivity index is 1.39. The van der Waals surface area contributed by atoms with E-state index in [0.29, 0.717) is 26.1 Å². The van der Waals surface area contributed by atoms with E-state index in [1.165, 1.54) is 0 Å². The molecule has 2 aliphatic heterocycles. The number of carbonyl (C=O) groups is 1. The van der Waals surface area contributed by atoms with Gasteiger partial charge >= 0.3 is 0 Å². The monoisotopic (exact) mass is 340 g/mol. The predicted octanol–water partition coefficient (Wildman–Crippen LogP) is -0.196. The molecule has 23 heavy (non-hydrogen) atoms. The number of nitrogens with zero attached hydrogens (tertiary/aromatic N) is 1. The molecule has 1 fully saturated rings. The number of carbonyl (C=O) groups excluding carboxylic acids is 1. The number of sulfone groups is 1. The van der Waals surface area contributed by atoms with E-state index in [2.05, 4.69) is 5.32 Å². The van der Waals surface area contributed by atoms with Crippen molar-refractivity contribution in [1.29, 1.82) is 0 Å². The van der Waals surface area contributed by atoms with Crippen molar-refractivity contribution in [3.63, 3.8) is 0 Å². The largest absolute Gasteiger partial charge is 0.454 e. The lowest BCUT2D eigenvalue weighted by molar-refractivity contribution is -0.122. The van der Waals surface area contributed by atoms with E-state index in [4.69, 9.17) is 9.47 Å². The molecular weight excluding hydrogens is 320 g/mol. The summed E-state index contributed by atoms with van der Waals surface area (Å²) >= 11 is 0. The third kappa shape index (κ3) is 4.35. The van der Waals surface area contributed by atoms with Crippen molar-refractivity contribution < 1.29 is 22.7 Å². The number of benzene rings is 1. The molecule has 126 valence electrons. The van der Waals surface area contributed by atoms with Gasteiger partial charge in [-0.05, 0) is 24.1 Å². The van der Waals surface area contributed by atoms with Crippen LogP contribution in [0.1, 0.15) is 5.56 Å².